The third kappa shape index (κ3) is 4.49. The monoisotopic (exact) mass is 422 g/mol. The predicted molar refractivity (Wildman–Crippen MR) is 124 cm³/mol. The van der Waals surface area contributed by atoms with Crippen LogP contribution in [-0.4, -0.2) is 38.2 Å². The number of imidazole rings is 1. The molecule has 0 amide bonds. The summed E-state index contributed by atoms with van der Waals surface area (Å²) in [6, 6.07) is 9.92. The first-order chi connectivity index (χ1) is 14.9. The average Bonchev–Trinajstić information content (AvgIpc) is 3.11. The van der Waals surface area contributed by atoms with Crippen LogP contribution >= 0.6 is 0 Å². The summed E-state index contributed by atoms with van der Waals surface area (Å²) in [7, 11) is 0. The highest BCUT2D eigenvalue weighted by molar-refractivity contribution is 5.74. The van der Waals surface area contributed by atoms with E-state index in [1.807, 2.05) is 48.7 Å². The van der Waals surface area contributed by atoms with Gasteiger partial charge in [-0.25, -0.2) is 4.79 Å². The molecule has 164 valence electrons. The third-order valence-electron chi connectivity index (χ3n) is 5.76. The molecule has 1 aromatic carbocycles. The van der Waals surface area contributed by atoms with Crippen molar-refractivity contribution in [1.82, 2.24) is 19.1 Å². The molecule has 8 nitrogen and oxygen atoms in total. The Bertz CT molecular complexity index is 1200. The number of fused-ring (bicyclic) bond motifs is 1. The summed E-state index contributed by atoms with van der Waals surface area (Å²) in [5.74, 6) is 0.691. The first-order valence-corrected chi connectivity index (χ1v) is 10.8. The van der Waals surface area contributed by atoms with Gasteiger partial charge in [0.15, 0.2) is 11.2 Å². The number of hydrogen-bond donors (Lipinski definition) is 2. The molecule has 4 rings (SSSR count). The molecule has 0 saturated carbocycles. The minimum absolute atomic E-state index is 0.0760. The van der Waals surface area contributed by atoms with E-state index in [2.05, 4.69) is 20.9 Å². The molecule has 2 aromatic heterocycles. The van der Waals surface area contributed by atoms with Crippen molar-refractivity contribution in [1.29, 1.82) is 0 Å². The second-order valence-electron chi connectivity index (χ2n) is 8.47. The lowest BCUT2D eigenvalue weighted by Gasteiger charge is -2.31. The van der Waals surface area contributed by atoms with Crippen LogP contribution in [-0.2, 0) is 19.5 Å². The number of nitrogens with one attached hydrogen (secondary N) is 1. The fraction of sp³-hybridized carbons (Fsp3) is 0.435. The van der Waals surface area contributed by atoms with Gasteiger partial charge in [0.05, 0.1) is 0 Å². The Morgan fingerprint density at radius 3 is 2.71 bits per heavy atom. The normalized spacial score (nSPS) is 16.6. The Kier molecular flexibility index (Phi) is 6.08. The number of aromatic amines is 1. The second kappa shape index (κ2) is 8.93. The molecule has 0 radical (unpaired) electrons. The van der Waals surface area contributed by atoms with Crippen molar-refractivity contribution in [3.05, 3.63) is 68.4 Å². The van der Waals surface area contributed by atoms with Crippen molar-refractivity contribution in [2.45, 2.75) is 52.2 Å². The Morgan fingerprint density at radius 1 is 1.23 bits per heavy atom. The Hall–Kier alpha value is -3.13. The lowest BCUT2D eigenvalue weighted by Crippen LogP contribution is -2.44. The summed E-state index contributed by atoms with van der Waals surface area (Å²) in [6.45, 7) is 6.39. The number of nitrogens with zero attached hydrogens (tertiary/aromatic N) is 4. The fourth-order valence-electron chi connectivity index (χ4n) is 4.10. The maximum atomic E-state index is 13.4. The van der Waals surface area contributed by atoms with Gasteiger partial charge in [-0.15, -0.1) is 0 Å². The van der Waals surface area contributed by atoms with E-state index in [0.29, 0.717) is 43.2 Å². The summed E-state index contributed by atoms with van der Waals surface area (Å²) >= 11 is 0. The van der Waals surface area contributed by atoms with Crippen LogP contribution in [0.5, 0.6) is 0 Å². The highest BCUT2D eigenvalue weighted by atomic mass is 16.2. The van der Waals surface area contributed by atoms with Gasteiger partial charge in [-0.3, -0.25) is 14.3 Å². The molecule has 3 aromatic rings. The van der Waals surface area contributed by atoms with Crippen LogP contribution in [0.25, 0.3) is 11.2 Å². The number of H-pyrrole nitrogens is 1. The molecule has 3 N–H and O–H groups in total. The zero-order valence-corrected chi connectivity index (χ0v) is 18.2. The number of aromatic nitrogens is 4. The van der Waals surface area contributed by atoms with Crippen molar-refractivity contribution in [2.24, 2.45) is 5.73 Å². The average molecular weight is 423 g/mol. The van der Waals surface area contributed by atoms with E-state index in [0.717, 1.165) is 30.5 Å². The zero-order valence-electron chi connectivity index (χ0n) is 18.2. The molecule has 1 aliphatic rings. The Labute approximate surface area is 181 Å². The molecule has 31 heavy (non-hydrogen) atoms. The van der Waals surface area contributed by atoms with Gasteiger partial charge >= 0.3 is 5.69 Å². The number of hydrogen-bond acceptors (Lipinski definition) is 5. The summed E-state index contributed by atoms with van der Waals surface area (Å²) in [5.41, 5.74) is 8.44. The van der Waals surface area contributed by atoms with Crippen molar-refractivity contribution in [3.63, 3.8) is 0 Å². The lowest BCUT2D eigenvalue weighted by atomic mass is 10.1. The molecule has 1 atom stereocenters. The van der Waals surface area contributed by atoms with E-state index in [-0.39, 0.29) is 11.6 Å². The van der Waals surface area contributed by atoms with E-state index in [1.54, 1.807) is 0 Å². The molecule has 1 unspecified atom stereocenters. The highest BCUT2D eigenvalue weighted by Crippen LogP contribution is 2.22. The lowest BCUT2D eigenvalue weighted by molar-refractivity contribution is 0.495. The molecule has 0 bridgehead atoms. The highest BCUT2D eigenvalue weighted by Gasteiger charge is 2.24. The summed E-state index contributed by atoms with van der Waals surface area (Å²) < 4.78 is 3.19. The number of anilines is 1. The SMILES string of the molecule is CC(C)=CCn1c(N2CCCC(N)C2)nc2[nH]c(=O)n(CCc3ccccc3)c(=O)c21. The van der Waals surface area contributed by atoms with Crippen LogP contribution < -0.4 is 21.9 Å². The van der Waals surface area contributed by atoms with Gasteiger partial charge in [-0.2, -0.15) is 4.98 Å². The van der Waals surface area contributed by atoms with Crippen LogP contribution in [0.2, 0.25) is 0 Å². The van der Waals surface area contributed by atoms with Crippen molar-refractivity contribution in [3.8, 4) is 0 Å². The van der Waals surface area contributed by atoms with E-state index in [1.165, 1.54) is 4.57 Å². The number of benzene rings is 1. The molecule has 1 fully saturated rings. The molecule has 0 spiro atoms. The molecular weight excluding hydrogens is 392 g/mol. The van der Waals surface area contributed by atoms with Gasteiger partial charge in [0.2, 0.25) is 5.95 Å². The first kappa shape index (κ1) is 21.1. The predicted octanol–water partition coefficient (Wildman–Crippen LogP) is 2.02. The van der Waals surface area contributed by atoms with E-state index in [9.17, 15) is 9.59 Å². The van der Waals surface area contributed by atoms with E-state index >= 15 is 0 Å². The van der Waals surface area contributed by atoms with Crippen LogP contribution in [0.15, 0.2) is 51.6 Å². The molecule has 0 aliphatic carbocycles. The van der Waals surface area contributed by atoms with Crippen LogP contribution in [0.4, 0.5) is 5.95 Å². The number of piperidine rings is 1. The number of nitrogens with two attached hydrogens (primary N) is 1. The standard InChI is InChI=1S/C23H30N6O2/c1-16(2)10-13-28-19-20(25-22(28)27-12-6-9-18(24)15-27)26-23(31)29(21(19)30)14-11-17-7-4-3-5-8-17/h3-5,7-8,10,18H,6,9,11-15,24H2,1-2H3,(H,26,31). The van der Waals surface area contributed by atoms with Gasteiger partial charge in [-0.1, -0.05) is 42.0 Å². The van der Waals surface area contributed by atoms with Gasteiger partial charge in [-0.05, 0) is 38.7 Å². The van der Waals surface area contributed by atoms with Gasteiger partial charge in [0.1, 0.15) is 0 Å². The first-order valence-electron chi connectivity index (χ1n) is 10.8. The summed E-state index contributed by atoms with van der Waals surface area (Å²) in [6.07, 6.45) is 4.62. The number of allylic oxidation sites excluding steroid dienone is 2. The van der Waals surface area contributed by atoms with Gasteiger partial charge < -0.3 is 15.2 Å². The Morgan fingerprint density at radius 2 is 2.00 bits per heavy atom. The minimum atomic E-state index is -0.429. The topological polar surface area (TPSA) is 102 Å². The smallest absolute Gasteiger partial charge is 0.330 e. The zero-order chi connectivity index (χ0) is 22.0. The van der Waals surface area contributed by atoms with Crippen molar-refractivity contribution in [2.75, 3.05) is 18.0 Å². The van der Waals surface area contributed by atoms with Crippen LogP contribution in [0.1, 0.15) is 32.3 Å². The van der Waals surface area contributed by atoms with Gasteiger partial charge in [0, 0.05) is 32.2 Å². The van der Waals surface area contributed by atoms with E-state index < -0.39 is 5.69 Å². The van der Waals surface area contributed by atoms with E-state index in [4.69, 9.17) is 5.73 Å². The molecular formula is C23H30N6O2. The summed E-state index contributed by atoms with van der Waals surface area (Å²) in [5, 5.41) is 0. The summed E-state index contributed by atoms with van der Waals surface area (Å²) in [4.78, 5) is 35.7. The Balaban J connectivity index is 1.79. The maximum absolute atomic E-state index is 13.4. The molecule has 1 saturated heterocycles. The van der Waals surface area contributed by atoms with Gasteiger partial charge in [0.25, 0.3) is 5.56 Å². The molecule has 1 aliphatic heterocycles. The number of rotatable bonds is 6. The number of aryl methyl sites for hydroxylation is 1. The van der Waals surface area contributed by atoms with Crippen molar-refractivity contribution >= 4 is 17.1 Å². The second-order valence-corrected chi connectivity index (χ2v) is 8.47. The minimum Gasteiger partial charge on any atom is -0.341 e. The van der Waals surface area contributed by atoms with Crippen LogP contribution in [0, 0.1) is 0 Å². The quantitative estimate of drug-likeness (QED) is 0.592. The largest absolute Gasteiger partial charge is 0.341 e. The van der Waals surface area contributed by atoms with Crippen LogP contribution in [0.3, 0.4) is 0 Å². The fourth-order valence-corrected chi connectivity index (χ4v) is 4.10. The maximum Gasteiger partial charge on any atom is 0.330 e. The third-order valence-corrected chi connectivity index (χ3v) is 5.76. The van der Waals surface area contributed by atoms with Crippen molar-refractivity contribution < 1.29 is 0 Å². The molecule has 8 heteroatoms. The molecule has 3 heterocycles.